The fourth-order valence-electron chi connectivity index (χ4n) is 2.18. The molecule has 0 aromatic heterocycles. The van der Waals surface area contributed by atoms with Crippen molar-refractivity contribution in [2.75, 3.05) is 6.54 Å². The molecule has 2 aromatic carbocycles. The molecular weight excluding hydrogens is 350 g/mol. The summed E-state index contributed by atoms with van der Waals surface area (Å²) in [4.78, 5) is 23.9. The molecule has 2 rings (SSSR count). The van der Waals surface area contributed by atoms with Crippen molar-refractivity contribution in [2.24, 2.45) is 5.10 Å². The summed E-state index contributed by atoms with van der Waals surface area (Å²) in [6.45, 7) is 6.15. The van der Waals surface area contributed by atoms with Gasteiger partial charge in [-0.1, -0.05) is 62.7 Å². The number of nitrogens with zero attached hydrogens (tertiary/aromatic N) is 1. The lowest BCUT2D eigenvalue weighted by molar-refractivity contribution is -0.120. The average molecular weight is 372 g/mol. The molecule has 0 saturated carbocycles. The number of hydrogen-bond acceptors (Lipinski definition) is 3. The van der Waals surface area contributed by atoms with E-state index in [-0.39, 0.29) is 17.9 Å². The van der Waals surface area contributed by atoms with Crippen molar-refractivity contribution in [3.63, 3.8) is 0 Å². The molecule has 5 nitrogen and oxygen atoms in total. The van der Waals surface area contributed by atoms with Crippen LogP contribution in [-0.2, 0) is 10.2 Å². The van der Waals surface area contributed by atoms with Crippen LogP contribution < -0.4 is 10.7 Å². The minimum absolute atomic E-state index is 0.0224. The Balaban J connectivity index is 1.83. The van der Waals surface area contributed by atoms with Gasteiger partial charge in [0.05, 0.1) is 12.8 Å². The van der Waals surface area contributed by atoms with Gasteiger partial charge in [0.15, 0.2) is 0 Å². The van der Waals surface area contributed by atoms with Gasteiger partial charge in [-0.25, -0.2) is 5.43 Å². The van der Waals surface area contributed by atoms with Crippen molar-refractivity contribution in [1.29, 1.82) is 0 Å². The highest BCUT2D eigenvalue weighted by atomic mass is 35.5. The summed E-state index contributed by atoms with van der Waals surface area (Å²) in [5.41, 5.74) is 4.71. The lowest BCUT2D eigenvalue weighted by atomic mass is 9.87. The number of hydrogen-bond donors (Lipinski definition) is 2. The lowest BCUT2D eigenvalue weighted by Gasteiger charge is -2.19. The van der Waals surface area contributed by atoms with Crippen molar-refractivity contribution < 1.29 is 9.59 Å². The summed E-state index contributed by atoms with van der Waals surface area (Å²) in [5.74, 6) is -0.733. The Morgan fingerprint density at radius 2 is 1.73 bits per heavy atom. The molecule has 2 N–H and O–H groups in total. The van der Waals surface area contributed by atoms with Gasteiger partial charge < -0.3 is 5.32 Å². The standard InChI is InChI=1S/C20H22ClN3O2/c1-20(2,3)16-10-8-14(9-11-16)19(26)22-13-18(25)24-23-12-15-6-4-5-7-17(15)21/h4-12H,13H2,1-3H3,(H,22,26)(H,24,25)/b23-12+. The number of amides is 2. The Labute approximate surface area is 158 Å². The maximum absolute atomic E-state index is 12.1. The van der Waals surface area contributed by atoms with Gasteiger partial charge in [-0.15, -0.1) is 0 Å². The summed E-state index contributed by atoms with van der Waals surface area (Å²) >= 11 is 5.99. The molecule has 0 heterocycles. The maximum atomic E-state index is 12.1. The van der Waals surface area contributed by atoms with Crippen LogP contribution in [0.4, 0.5) is 0 Å². The number of carbonyl (C=O) groups excluding carboxylic acids is 2. The number of carbonyl (C=O) groups is 2. The monoisotopic (exact) mass is 371 g/mol. The molecule has 0 aliphatic rings. The number of hydrazone groups is 1. The van der Waals surface area contributed by atoms with Crippen molar-refractivity contribution >= 4 is 29.6 Å². The van der Waals surface area contributed by atoms with E-state index in [1.807, 2.05) is 24.3 Å². The molecule has 0 bridgehead atoms. The number of nitrogens with one attached hydrogen (secondary N) is 2. The second-order valence-electron chi connectivity index (χ2n) is 6.82. The smallest absolute Gasteiger partial charge is 0.259 e. The van der Waals surface area contributed by atoms with E-state index in [1.54, 1.807) is 24.3 Å². The number of benzene rings is 2. The minimum Gasteiger partial charge on any atom is -0.343 e. The molecule has 136 valence electrons. The van der Waals surface area contributed by atoms with Crippen LogP contribution in [0.3, 0.4) is 0 Å². The molecule has 0 fully saturated rings. The molecule has 0 saturated heterocycles. The zero-order valence-electron chi connectivity index (χ0n) is 15.0. The van der Waals surface area contributed by atoms with Crippen molar-refractivity contribution in [3.8, 4) is 0 Å². The molecule has 26 heavy (non-hydrogen) atoms. The normalized spacial score (nSPS) is 11.4. The Kier molecular flexibility index (Phi) is 6.52. The van der Waals surface area contributed by atoms with E-state index >= 15 is 0 Å². The summed E-state index contributed by atoms with van der Waals surface area (Å²) in [5, 5.41) is 6.94. The van der Waals surface area contributed by atoms with Crippen LogP contribution in [0.2, 0.25) is 5.02 Å². The summed E-state index contributed by atoms with van der Waals surface area (Å²) in [7, 11) is 0. The van der Waals surface area contributed by atoms with Crippen LogP contribution in [0.15, 0.2) is 53.6 Å². The summed E-state index contributed by atoms with van der Waals surface area (Å²) in [6.07, 6.45) is 1.45. The van der Waals surface area contributed by atoms with Crippen LogP contribution in [0, 0.1) is 0 Å². The lowest BCUT2D eigenvalue weighted by Crippen LogP contribution is -2.34. The predicted octanol–water partition coefficient (Wildman–Crippen LogP) is 3.52. The third-order valence-corrected chi connectivity index (χ3v) is 4.06. The number of rotatable bonds is 5. The summed E-state index contributed by atoms with van der Waals surface area (Å²) < 4.78 is 0. The van der Waals surface area contributed by atoms with Crippen LogP contribution >= 0.6 is 11.6 Å². The summed E-state index contributed by atoms with van der Waals surface area (Å²) in [6, 6.07) is 14.5. The van der Waals surface area contributed by atoms with E-state index in [2.05, 4.69) is 36.6 Å². The average Bonchev–Trinajstić information content (AvgIpc) is 2.60. The van der Waals surface area contributed by atoms with Crippen molar-refractivity contribution in [3.05, 3.63) is 70.2 Å². The molecule has 0 atom stereocenters. The fourth-order valence-corrected chi connectivity index (χ4v) is 2.36. The van der Waals surface area contributed by atoms with Gasteiger partial charge >= 0.3 is 0 Å². The Bertz CT molecular complexity index is 809. The van der Waals surface area contributed by atoms with Gasteiger partial charge in [-0.05, 0) is 29.2 Å². The molecule has 0 aliphatic heterocycles. The second kappa shape index (κ2) is 8.63. The molecule has 0 aliphatic carbocycles. The SMILES string of the molecule is CC(C)(C)c1ccc(C(=O)NCC(=O)N/N=C/c2ccccc2Cl)cc1. The Morgan fingerprint density at radius 1 is 1.08 bits per heavy atom. The first kappa shape index (κ1) is 19.7. The van der Waals surface area contributed by atoms with E-state index in [9.17, 15) is 9.59 Å². The zero-order valence-corrected chi connectivity index (χ0v) is 15.8. The van der Waals surface area contributed by atoms with Gasteiger partial charge in [0.2, 0.25) is 0 Å². The quantitative estimate of drug-likeness (QED) is 0.623. The van der Waals surface area contributed by atoms with Gasteiger partial charge in [0, 0.05) is 16.1 Å². The third kappa shape index (κ3) is 5.70. The Hall–Kier alpha value is -2.66. The van der Waals surface area contributed by atoms with E-state index in [4.69, 9.17) is 11.6 Å². The Morgan fingerprint density at radius 3 is 2.35 bits per heavy atom. The first-order chi connectivity index (χ1) is 12.3. The van der Waals surface area contributed by atoms with Gasteiger partial charge in [-0.3, -0.25) is 9.59 Å². The zero-order chi connectivity index (χ0) is 19.2. The molecular formula is C20H22ClN3O2. The van der Waals surface area contributed by atoms with Gasteiger partial charge in [0.25, 0.3) is 11.8 Å². The fraction of sp³-hybridized carbons (Fsp3) is 0.250. The molecule has 0 radical (unpaired) electrons. The second-order valence-corrected chi connectivity index (χ2v) is 7.23. The highest BCUT2D eigenvalue weighted by molar-refractivity contribution is 6.33. The van der Waals surface area contributed by atoms with E-state index in [1.165, 1.54) is 6.21 Å². The van der Waals surface area contributed by atoms with Crippen LogP contribution in [0.5, 0.6) is 0 Å². The van der Waals surface area contributed by atoms with Crippen LogP contribution in [-0.4, -0.2) is 24.6 Å². The first-order valence-corrected chi connectivity index (χ1v) is 8.60. The molecule has 6 heteroatoms. The third-order valence-electron chi connectivity index (χ3n) is 3.72. The predicted molar refractivity (Wildman–Crippen MR) is 105 cm³/mol. The number of halogens is 1. The minimum atomic E-state index is -0.423. The van der Waals surface area contributed by atoms with E-state index in [0.717, 1.165) is 5.56 Å². The van der Waals surface area contributed by atoms with Crippen molar-refractivity contribution in [2.45, 2.75) is 26.2 Å². The topological polar surface area (TPSA) is 70.6 Å². The first-order valence-electron chi connectivity index (χ1n) is 8.22. The van der Waals surface area contributed by atoms with Crippen LogP contribution in [0.25, 0.3) is 0 Å². The highest BCUT2D eigenvalue weighted by Crippen LogP contribution is 2.22. The molecule has 0 unspecified atom stereocenters. The maximum Gasteiger partial charge on any atom is 0.259 e. The van der Waals surface area contributed by atoms with Crippen LogP contribution in [0.1, 0.15) is 42.3 Å². The van der Waals surface area contributed by atoms with E-state index in [0.29, 0.717) is 16.1 Å². The van der Waals surface area contributed by atoms with Crippen molar-refractivity contribution in [1.82, 2.24) is 10.7 Å². The largest absolute Gasteiger partial charge is 0.343 e. The van der Waals surface area contributed by atoms with Gasteiger partial charge in [-0.2, -0.15) is 5.10 Å². The molecule has 2 aromatic rings. The van der Waals surface area contributed by atoms with E-state index < -0.39 is 5.91 Å². The molecule has 2 amide bonds. The molecule has 0 spiro atoms. The highest BCUT2D eigenvalue weighted by Gasteiger charge is 2.14. The van der Waals surface area contributed by atoms with Gasteiger partial charge in [0.1, 0.15) is 0 Å².